The van der Waals surface area contributed by atoms with Crippen LogP contribution in [0.3, 0.4) is 0 Å². The maximum absolute atomic E-state index is 5.94. The van der Waals surface area contributed by atoms with Crippen LogP contribution < -0.4 is 5.73 Å². The lowest BCUT2D eigenvalue weighted by Gasteiger charge is -2.19. The zero-order valence-corrected chi connectivity index (χ0v) is 10.5. The number of hydrogen-bond acceptors (Lipinski definition) is 2. The summed E-state index contributed by atoms with van der Waals surface area (Å²) < 4.78 is 0. The van der Waals surface area contributed by atoms with Crippen molar-refractivity contribution in [3.05, 3.63) is 29.8 Å². The van der Waals surface area contributed by atoms with E-state index in [0.29, 0.717) is 5.41 Å². The molecule has 1 atom stereocenters. The first-order chi connectivity index (χ1) is 7.05. The highest BCUT2D eigenvalue weighted by Gasteiger charge is 2.60. The van der Waals surface area contributed by atoms with Crippen molar-refractivity contribution in [2.45, 2.75) is 30.6 Å². The fourth-order valence-corrected chi connectivity index (χ4v) is 2.99. The summed E-state index contributed by atoms with van der Waals surface area (Å²) >= 11 is 1.78. The topological polar surface area (TPSA) is 26.0 Å². The van der Waals surface area contributed by atoms with E-state index in [1.54, 1.807) is 11.8 Å². The third-order valence-corrected chi connectivity index (χ3v) is 4.65. The highest BCUT2D eigenvalue weighted by molar-refractivity contribution is 7.98. The first-order valence-corrected chi connectivity index (χ1v) is 6.63. The van der Waals surface area contributed by atoms with E-state index in [1.807, 2.05) is 0 Å². The Morgan fingerprint density at radius 2 is 1.80 bits per heavy atom. The second kappa shape index (κ2) is 3.53. The van der Waals surface area contributed by atoms with Crippen molar-refractivity contribution >= 4 is 11.8 Å². The molecule has 0 spiro atoms. The van der Waals surface area contributed by atoms with Gasteiger partial charge in [0.05, 0.1) is 0 Å². The summed E-state index contributed by atoms with van der Waals surface area (Å²) in [6.07, 6.45) is 3.32. The fourth-order valence-electron chi connectivity index (χ4n) is 2.58. The van der Waals surface area contributed by atoms with Gasteiger partial charge in [-0.2, -0.15) is 0 Å². The van der Waals surface area contributed by atoms with Crippen LogP contribution in [0.15, 0.2) is 29.2 Å². The van der Waals surface area contributed by atoms with Crippen molar-refractivity contribution in [1.29, 1.82) is 0 Å². The lowest BCUT2D eigenvalue weighted by Crippen LogP contribution is -2.25. The average molecular weight is 221 g/mol. The third-order valence-electron chi connectivity index (χ3n) is 3.91. The molecular weight excluding hydrogens is 202 g/mol. The average Bonchev–Trinajstić information content (AvgIpc) is 2.82. The van der Waals surface area contributed by atoms with Gasteiger partial charge in [-0.1, -0.05) is 26.0 Å². The Kier molecular flexibility index (Phi) is 2.60. The highest BCUT2D eigenvalue weighted by Crippen LogP contribution is 2.63. The Hall–Kier alpha value is -0.470. The SMILES string of the molecule is CSc1ccc(C2(CN)CC2(C)C)cc1. The zero-order chi connectivity index (χ0) is 11.1. The van der Waals surface area contributed by atoms with Gasteiger partial charge in [0, 0.05) is 16.9 Å². The molecule has 1 aromatic carbocycles. The van der Waals surface area contributed by atoms with E-state index < -0.39 is 0 Å². The van der Waals surface area contributed by atoms with E-state index in [9.17, 15) is 0 Å². The van der Waals surface area contributed by atoms with Crippen LogP contribution in [0, 0.1) is 5.41 Å². The Morgan fingerprint density at radius 3 is 2.13 bits per heavy atom. The predicted octanol–water partition coefficient (Wildman–Crippen LogP) is 3.03. The van der Waals surface area contributed by atoms with Crippen molar-refractivity contribution in [2.24, 2.45) is 11.1 Å². The van der Waals surface area contributed by atoms with Gasteiger partial charge in [-0.3, -0.25) is 0 Å². The molecule has 1 nitrogen and oxygen atoms in total. The molecule has 0 aromatic heterocycles. The molecule has 1 aromatic rings. The van der Waals surface area contributed by atoms with Crippen LogP contribution in [0.2, 0.25) is 0 Å². The lowest BCUT2D eigenvalue weighted by molar-refractivity contribution is 0.503. The third kappa shape index (κ3) is 1.60. The molecule has 2 N–H and O–H groups in total. The molecule has 0 radical (unpaired) electrons. The summed E-state index contributed by atoms with van der Waals surface area (Å²) in [5.74, 6) is 0. The zero-order valence-electron chi connectivity index (χ0n) is 9.71. The minimum atomic E-state index is 0.240. The van der Waals surface area contributed by atoms with Crippen molar-refractivity contribution in [2.75, 3.05) is 12.8 Å². The van der Waals surface area contributed by atoms with Gasteiger partial charge < -0.3 is 5.73 Å². The number of benzene rings is 1. The van der Waals surface area contributed by atoms with E-state index in [0.717, 1.165) is 6.54 Å². The molecule has 0 aliphatic heterocycles. The van der Waals surface area contributed by atoms with Crippen LogP contribution >= 0.6 is 11.8 Å². The molecule has 1 aliphatic rings. The first-order valence-electron chi connectivity index (χ1n) is 5.40. The molecule has 1 saturated carbocycles. The van der Waals surface area contributed by atoms with Gasteiger partial charge in [0.25, 0.3) is 0 Å². The Labute approximate surface area is 96.4 Å². The van der Waals surface area contributed by atoms with Crippen LogP contribution in [0.1, 0.15) is 25.8 Å². The van der Waals surface area contributed by atoms with E-state index in [-0.39, 0.29) is 5.41 Å². The molecule has 82 valence electrons. The van der Waals surface area contributed by atoms with Gasteiger partial charge >= 0.3 is 0 Å². The molecule has 1 fully saturated rings. The standard InChI is InChI=1S/C13H19NS/c1-12(2)8-13(12,9-14)10-4-6-11(15-3)7-5-10/h4-7H,8-9,14H2,1-3H3. The maximum Gasteiger partial charge on any atom is 0.0132 e. The molecule has 0 amide bonds. The normalized spacial score (nSPS) is 27.7. The molecule has 1 unspecified atom stereocenters. The summed E-state index contributed by atoms with van der Waals surface area (Å²) in [5, 5.41) is 0. The van der Waals surface area contributed by atoms with E-state index in [4.69, 9.17) is 5.73 Å². The number of nitrogens with two attached hydrogens (primary N) is 1. The summed E-state index contributed by atoms with van der Waals surface area (Å²) in [4.78, 5) is 1.32. The largest absolute Gasteiger partial charge is 0.330 e. The van der Waals surface area contributed by atoms with Gasteiger partial charge in [0.15, 0.2) is 0 Å². The lowest BCUT2D eigenvalue weighted by atomic mass is 9.88. The minimum absolute atomic E-state index is 0.240. The molecule has 2 heteroatoms. The molecule has 0 bridgehead atoms. The quantitative estimate of drug-likeness (QED) is 0.794. The Bertz CT molecular complexity index is 355. The molecule has 15 heavy (non-hydrogen) atoms. The van der Waals surface area contributed by atoms with Gasteiger partial charge in [-0.25, -0.2) is 0 Å². The molecule has 0 heterocycles. The second-order valence-corrected chi connectivity index (χ2v) is 5.96. The Balaban J connectivity index is 2.30. The van der Waals surface area contributed by atoms with Crippen LogP contribution in [0.25, 0.3) is 0 Å². The monoisotopic (exact) mass is 221 g/mol. The second-order valence-electron chi connectivity index (χ2n) is 5.08. The highest BCUT2D eigenvalue weighted by atomic mass is 32.2. The number of thioether (sulfide) groups is 1. The first kappa shape index (κ1) is 11.0. The fraction of sp³-hybridized carbons (Fsp3) is 0.538. The van der Waals surface area contributed by atoms with E-state index in [2.05, 4.69) is 44.4 Å². The molecule has 2 rings (SSSR count). The summed E-state index contributed by atoms with van der Waals surface area (Å²) in [5.41, 5.74) is 7.97. The molecule has 0 saturated heterocycles. The maximum atomic E-state index is 5.94. The smallest absolute Gasteiger partial charge is 0.0132 e. The van der Waals surface area contributed by atoms with E-state index >= 15 is 0 Å². The van der Waals surface area contributed by atoms with Crippen molar-refractivity contribution < 1.29 is 0 Å². The van der Waals surface area contributed by atoms with Crippen molar-refractivity contribution in [1.82, 2.24) is 0 Å². The van der Waals surface area contributed by atoms with Gasteiger partial charge in [0.1, 0.15) is 0 Å². The summed E-state index contributed by atoms with van der Waals surface area (Å²) in [6, 6.07) is 8.89. The van der Waals surface area contributed by atoms with Gasteiger partial charge in [0.2, 0.25) is 0 Å². The summed E-state index contributed by atoms with van der Waals surface area (Å²) in [7, 11) is 0. The van der Waals surface area contributed by atoms with E-state index in [1.165, 1.54) is 16.9 Å². The minimum Gasteiger partial charge on any atom is -0.330 e. The van der Waals surface area contributed by atoms with Gasteiger partial charge in [-0.05, 0) is 35.8 Å². The predicted molar refractivity (Wildman–Crippen MR) is 67.4 cm³/mol. The molecular formula is C13H19NS. The van der Waals surface area contributed by atoms with Crippen LogP contribution in [0.5, 0.6) is 0 Å². The van der Waals surface area contributed by atoms with Crippen molar-refractivity contribution in [3.63, 3.8) is 0 Å². The van der Waals surface area contributed by atoms with Gasteiger partial charge in [-0.15, -0.1) is 11.8 Å². The summed E-state index contributed by atoms with van der Waals surface area (Å²) in [6.45, 7) is 5.38. The van der Waals surface area contributed by atoms with Crippen molar-refractivity contribution in [3.8, 4) is 0 Å². The van der Waals surface area contributed by atoms with Crippen LogP contribution in [-0.4, -0.2) is 12.8 Å². The molecule has 1 aliphatic carbocycles. The Morgan fingerprint density at radius 1 is 1.27 bits per heavy atom. The van der Waals surface area contributed by atoms with Crippen LogP contribution in [-0.2, 0) is 5.41 Å². The number of rotatable bonds is 3. The van der Waals surface area contributed by atoms with Crippen LogP contribution in [0.4, 0.5) is 0 Å². The number of hydrogen-bond donors (Lipinski definition) is 1.